The lowest BCUT2D eigenvalue weighted by atomic mass is 10.1. The Balaban J connectivity index is 3.36. The van der Waals surface area contributed by atoms with Crippen molar-refractivity contribution in [1.29, 1.82) is 0 Å². The summed E-state index contributed by atoms with van der Waals surface area (Å²) in [5, 5.41) is 32.4. The van der Waals surface area contributed by atoms with Crippen molar-refractivity contribution in [2.45, 2.75) is 26.4 Å². The second-order valence-corrected chi connectivity index (χ2v) is 5.13. The summed E-state index contributed by atoms with van der Waals surface area (Å²) < 4.78 is 0. The van der Waals surface area contributed by atoms with Gasteiger partial charge in [0.1, 0.15) is 12.0 Å². The van der Waals surface area contributed by atoms with Crippen molar-refractivity contribution in [2.24, 2.45) is 10.9 Å². The Morgan fingerprint density at radius 3 is 2.67 bits per heavy atom. The highest BCUT2D eigenvalue weighted by atomic mass is 16.6. The number of nitro groups is 1. The van der Waals surface area contributed by atoms with Crippen molar-refractivity contribution in [1.82, 2.24) is 4.98 Å². The van der Waals surface area contributed by atoms with Crippen LogP contribution in [0.5, 0.6) is 0 Å². The van der Waals surface area contributed by atoms with E-state index >= 15 is 0 Å². The maximum atomic E-state index is 10.8. The number of hydrogen-bond acceptors (Lipinski definition) is 7. The standard InChI is InChI=1S/C12H19N5O4/c1-4-16(7-12(2,3)18)11-9(10(13)15-19)5-8(6-14-11)17(20)21/h5-6,18-19H,4,7H2,1-3H3,(H2,13,15). The van der Waals surface area contributed by atoms with Crippen molar-refractivity contribution >= 4 is 17.3 Å². The molecule has 0 spiro atoms. The van der Waals surface area contributed by atoms with E-state index in [1.807, 2.05) is 6.92 Å². The van der Waals surface area contributed by atoms with E-state index in [1.165, 1.54) is 6.07 Å². The minimum absolute atomic E-state index is 0.137. The second-order valence-electron chi connectivity index (χ2n) is 5.13. The number of likely N-dealkylation sites (N-methyl/N-ethyl adjacent to an activating group) is 1. The van der Waals surface area contributed by atoms with Gasteiger partial charge in [0.2, 0.25) is 0 Å². The Kier molecular flexibility index (Phi) is 5.03. The van der Waals surface area contributed by atoms with Crippen molar-refractivity contribution in [2.75, 3.05) is 18.0 Å². The molecule has 0 aliphatic rings. The van der Waals surface area contributed by atoms with E-state index in [-0.39, 0.29) is 23.6 Å². The summed E-state index contributed by atoms with van der Waals surface area (Å²) in [6.45, 7) is 5.82. The Labute approximate surface area is 121 Å². The fourth-order valence-corrected chi connectivity index (χ4v) is 1.84. The molecule has 0 radical (unpaired) electrons. The molecule has 116 valence electrons. The number of nitrogens with two attached hydrogens (primary N) is 1. The summed E-state index contributed by atoms with van der Waals surface area (Å²) >= 11 is 0. The number of oxime groups is 1. The summed E-state index contributed by atoms with van der Waals surface area (Å²) in [5.74, 6) is 0.0240. The molecule has 0 fully saturated rings. The van der Waals surface area contributed by atoms with Crippen LogP contribution in [0.2, 0.25) is 0 Å². The molecule has 0 unspecified atom stereocenters. The van der Waals surface area contributed by atoms with Crippen molar-refractivity contribution < 1.29 is 15.2 Å². The Hall–Kier alpha value is -2.42. The molecule has 0 bridgehead atoms. The van der Waals surface area contributed by atoms with E-state index in [0.717, 1.165) is 6.20 Å². The number of hydrogen-bond donors (Lipinski definition) is 3. The van der Waals surface area contributed by atoms with Gasteiger partial charge in [-0.2, -0.15) is 0 Å². The van der Waals surface area contributed by atoms with Crippen LogP contribution >= 0.6 is 0 Å². The van der Waals surface area contributed by atoms with Crippen LogP contribution in [-0.4, -0.2) is 44.7 Å². The maximum absolute atomic E-state index is 10.8. The van der Waals surface area contributed by atoms with Gasteiger partial charge in [0.25, 0.3) is 5.69 Å². The third-order valence-corrected chi connectivity index (χ3v) is 2.71. The van der Waals surface area contributed by atoms with Crippen LogP contribution in [0.15, 0.2) is 17.4 Å². The van der Waals surface area contributed by atoms with E-state index in [1.54, 1.807) is 18.7 Å². The number of nitrogens with zero attached hydrogens (tertiary/aromatic N) is 4. The number of aromatic nitrogens is 1. The lowest BCUT2D eigenvalue weighted by molar-refractivity contribution is -0.385. The van der Waals surface area contributed by atoms with E-state index < -0.39 is 10.5 Å². The number of amidine groups is 1. The highest BCUT2D eigenvalue weighted by molar-refractivity contribution is 6.01. The highest BCUT2D eigenvalue weighted by Gasteiger charge is 2.23. The molecule has 0 saturated heterocycles. The van der Waals surface area contributed by atoms with Crippen LogP contribution in [0.4, 0.5) is 11.5 Å². The average Bonchev–Trinajstić information content (AvgIpc) is 2.42. The molecule has 21 heavy (non-hydrogen) atoms. The third-order valence-electron chi connectivity index (χ3n) is 2.71. The molecule has 1 aromatic rings. The number of rotatable bonds is 6. The summed E-state index contributed by atoms with van der Waals surface area (Å²) in [6.07, 6.45) is 1.09. The van der Waals surface area contributed by atoms with Crippen LogP contribution < -0.4 is 10.6 Å². The van der Waals surface area contributed by atoms with Crippen LogP contribution in [0.3, 0.4) is 0 Å². The molecule has 0 atom stereocenters. The van der Waals surface area contributed by atoms with Gasteiger partial charge in [0, 0.05) is 19.2 Å². The third kappa shape index (κ3) is 4.28. The maximum Gasteiger partial charge on any atom is 0.288 e. The van der Waals surface area contributed by atoms with Crippen molar-refractivity contribution in [3.8, 4) is 0 Å². The first-order valence-corrected chi connectivity index (χ1v) is 6.29. The number of pyridine rings is 1. The minimum Gasteiger partial charge on any atom is -0.409 e. The molecule has 1 rings (SSSR count). The topological polar surface area (TPSA) is 138 Å². The first-order valence-electron chi connectivity index (χ1n) is 6.29. The average molecular weight is 297 g/mol. The molecule has 9 nitrogen and oxygen atoms in total. The lowest BCUT2D eigenvalue weighted by Crippen LogP contribution is -2.40. The van der Waals surface area contributed by atoms with Gasteiger partial charge in [-0.25, -0.2) is 4.98 Å². The highest BCUT2D eigenvalue weighted by Crippen LogP contribution is 2.23. The fraction of sp³-hybridized carbons (Fsp3) is 0.500. The summed E-state index contributed by atoms with van der Waals surface area (Å²) in [6, 6.07) is 1.18. The van der Waals surface area contributed by atoms with Gasteiger partial charge in [-0.1, -0.05) is 5.16 Å². The number of aliphatic hydroxyl groups is 1. The van der Waals surface area contributed by atoms with Gasteiger partial charge in [-0.15, -0.1) is 0 Å². The quantitative estimate of drug-likeness (QED) is 0.231. The van der Waals surface area contributed by atoms with Gasteiger partial charge >= 0.3 is 0 Å². The normalized spacial score (nSPS) is 12.3. The molecular formula is C12H19N5O4. The number of anilines is 1. The smallest absolute Gasteiger partial charge is 0.288 e. The molecule has 0 aromatic carbocycles. The summed E-state index contributed by atoms with van der Waals surface area (Å²) in [4.78, 5) is 15.9. The van der Waals surface area contributed by atoms with Crippen molar-refractivity contribution in [3.63, 3.8) is 0 Å². The fourth-order valence-electron chi connectivity index (χ4n) is 1.84. The van der Waals surface area contributed by atoms with Gasteiger partial charge < -0.3 is 20.9 Å². The van der Waals surface area contributed by atoms with Gasteiger partial charge in [0.05, 0.1) is 16.1 Å². The second kappa shape index (κ2) is 6.35. The zero-order chi connectivity index (χ0) is 16.2. The molecule has 0 amide bonds. The first-order chi connectivity index (χ1) is 9.69. The first kappa shape index (κ1) is 16.6. The minimum atomic E-state index is -0.998. The largest absolute Gasteiger partial charge is 0.409 e. The molecule has 0 aliphatic heterocycles. The summed E-state index contributed by atoms with van der Waals surface area (Å²) in [5.41, 5.74) is 4.44. The zero-order valence-corrected chi connectivity index (χ0v) is 12.1. The molecule has 4 N–H and O–H groups in total. The molecule has 0 saturated carbocycles. The van der Waals surface area contributed by atoms with E-state index in [4.69, 9.17) is 10.9 Å². The summed E-state index contributed by atoms with van der Waals surface area (Å²) in [7, 11) is 0. The Morgan fingerprint density at radius 1 is 1.62 bits per heavy atom. The van der Waals surface area contributed by atoms with Crippen LogP contribution in [0.1, 0.15) is 26.3 Å². The van der Waals surface area contributed by atoms with E-state index in [2.05, 4.69) is 10.1 Å². The van der Waals surface area contributed by atoms with Crippen LogP contribution in [0, 0.1) is 10.1 Å². The predicted octanol–water partition coefficient (Wildman–Crippen LogP) is 0.682. The zero-order valence-electron chi connectivity index (χ0n) is 12.1. The van der Waals surface area contributed by atoms with Crippen LogP contribution in [-0.2, 0) is 0 Å². The molecule has 1 heterocycles. The molecule has 0 aliphatic carbocycles. The Bertz CT molecular complexity index is 553. The van der Waals surface area contributed by atoms with Gasteiger partial charge in [0.15, 0.2) is 5.84 Å². The molecule has 1 aromatic heterocycles. The molecular weight excluding hydrogens is 278 g/mol. The van der Waals surface area contributed by atoms with Gasteiger partial charge in [-0.05, 0) is 20.8 Å². The van der Waals surface area contributed by atoms with E-state index in [0.29, 0.717) is 12.4 Å². The lowest BCUT2D eigenvalue weighted by Gasteiger charge is -2.30. The SMILES string of the molecule is CCN(CC(C)(C)O)c1ncc([N+](=O)[O-])cc1C(N)=NO. The van der Waals surface area contributed by atoms with Crippen LogP contribution in [0.25, 0.3) is 0 Å². The monoisotopic (exact) mass is 297 g/mol. The van der Waals surface area contributed by atoms with Gasteiger partial charge in [-0.3, -0.25) is 10.1 Å². The van der Waals surface area contributed by atoms with Crippen molar-refractivity contribution in [3.05, 3.63) is 27.9 Å². The Morgan fingerprint density at radius 2 is 2.24 bits per heavy atom. The predicted molar refractivity (Wildman–Crippen MR) is 77.6 cm³/mol. The molecule has 9 heteroatoms. The van der Waals surface area contributed by atoms with E-state index in [9.17, 15) is 15.2 Å².